The summed E-state index contributed by atoms with van der Waals surface area (Å²) >= 11 is 0. The molecule has 1 amide bonds. The van der Waals surface area contributed by atoms with Crippen LogP contribution in [0.15, 0.2) is 24.5 Å². The lowest BCUT2D eigenvalue weighted by Crippen LogP contribution is -2.29. The lowest BCUT2D eigenvalue weighted by atomic mass is 10.2. The summed E-state index contributed by atoms with van der Waals surface area (Å²) in [6, 6.07) is 3.36. The van der Waals surface area contributed by atoms with Crippen molar-refractivity contribution in [3.63, 3.8) is 0 Å². The molecule has 0 spiro atoms. The van der Waals surface area contributed by atoms with Gasteiger partial charge in [0.05, 0.1) is 18.3 Å². The van der Waals surface area contributed by atoms with E-state index in [9.17, 15) is 4.79 Å². The first-order chi connectivity index (χ1) is 11.7. The Morgan fingerprint density at radius 2 is 2.21 bits per heavy atom. The fourth-order valence-electron chi connectivity index (χ4n) is 2.06. The number of rotatable bonds is 1. The highest BCUT2D eigenvalue weighted by molar-refractivity contribution is 6.18. The number of anilines is 3. The topological polar surface area (TPSA) is 140 Å². The van der Waals surface area contributed by atoms with Gasteiger partial charge in [0.15, 0.2) is 11.6 Å². The van der Waals surface area contributed by atoms with E-state index in [0.29, 0.717) is 29.7 Å². The molecule has 24 heavy (non-hydrogen) atoms. The maximum absolute atomic E-state index is 12.3. The van der Waals surface area contributed by atoms with Gasteiger partial charge < -0.3 is 26.4 Å². The molecule has 0 saturated heterocycles. The second-order valence-electron chi connectivity index (χ2n) is 4.80. The van der Waals surface area contributed by atoms with E-state index < -0.39 is 0 Å². The van der Waals surface area contributed by atoms with E-state index in [0.717, 1.165) is 0 Å². The maximum atomic E-state index is 12.3. The molecular weight excluding hydrogens is 312 g/mol. The molecule has 3 heterocycles. The zero-order valence-corrected chi connectivity index (χ0v) is 12.9. The summed E-state index contributed by atoms with van der Waals surface area (Å²) in [6.07, 6.45) is 2.66. The number of carbonyl (C=O) groups excluding carboxylic acids is 1. The predicted octanol–water partition coefficient (Wildman–Crippen LogP) is -0.140. The highest BCUT2D eigenvalue weighted by atomic mass is 16.5. The normalized spacial score (nSPS) is 15.9. The minimum atomic E-state index is -0.387. The third-order valence-corrected chi connectivity index (χ3v) is 3.18. The number of fused-ring (bicyclic) bond motifs is 4. The van der Waals surface area contributed by atoms with E-state index >= 15 is 0 Å². The zero-order chi connectivity index (χ0) is 16.9. The Kier molecular flexibility index (Phi) is 4.36. The molecule has 5 N–H and O–H groups in total. The van der Waals surface area contributed by atoms with Crippen LogP contribution in [0.25, 0.3) is 5.57 Å². The first-order valence-corrected chi connectivity index (χ1v) is 7.19. The molecule has 2 aromatic heterocycles. The van der Waals surface area contributed by atoms with Crippen molar-refractivity contribution in [1.82, 2.24) is 25.5 Å². The summed E-state index contributed by atoms with van der Waals surface area (Å²) in [4.78, 5) is 20.9. The summed E-state index contributed by atoms with van der Waals surface area (Å²) in [5.74, 6) is 1.73. The molecule has 124 valence electrons. The number of nitrogens with zero attached hydrogens (tertiary/aromatic N) is 4. The second-order valence-corrected chi connectivity index (χ2v) is 4.80. The minimum Gasteiger partial charge on any atom is -0.490 e. The Balaban J connectivity index is 2.08. The standard InChI is InChI=1S/C14H16N8O2/c1-16-10-5-11-19-12-4-8(7-18-22-12)24-3-2-17-14(23)9(6-15)13(20-10)21-11/h4-7H,2-3,15H2,1H3,(H,17,23)(H2,16,19,20,21,22)/b9-6+. The lowest BCUT2D eigenvalue weighted by molar-refractivity contribution is -0.115. The number of hydrogen-bond donors (Lipinski definition) is 4. The van der Waals surface area contributed by atoms with E-state index in [-0.39, 0.29) is 23.9 Å². The lowest BCUT2D eigenvalue weighted by Gasteiger charge is -2.10. The molecule has 0 fully saturated rings. The van der Waals surface area contributed by atoms with Crippen LogP contribution in [0.5, 0.6) is 5.75 Å². The molecule has 0 radical (unpaired) electrons. The maximum Gasteiger partial charge on any atom is 0.256 e. The van der Waals surface area contributed by atoms with E-state index in [1.807, 2.05) is 0 Å². The van der Waals surface area contributed by atoms with Gasteiger partial charge in [0.2, 0.25) is 0 Å². The number of amides is 1. The average molecular weight is 328 g/mol. The van der Waals surface area contributed by atoms with E-state index in [2.05, 4.69) is 36.1 Å². The van der Waals surface area contributed by atoms with Crippen LogP contribution in [0.4, 0.5) is 17.5 Å². The highest BCUT2D eigenvalue weighted by Crippen LogP contribution is 2.21. The van der Waals surface area contributed by atoms with Gasteiger partial charge >= 0.3 is 0 Å². The highest BCUT2D eigenvalue weighted by Gasteiger charge is 2.17. The summed E-state index contributed by atoms with van der Waals surface area (Å²) in [5, 5.41) is 16.5. The minimum absolute atomic E-state index is 0.159. The van der Waals surface area contributed by atoms with Gasteiger partial charge in [-0.05, 0) is 0 Å². The van der Waals surface area contributed by atoms with Crippen LogP contribution in [0.1, 0.15) is 5.82 Å². The van der Waals surface area contributed by atoms with Crippen LogP contribution in [-0.4, -0.2) is 46.3 Å². The largest absolute Gasteiger partial charge is 0.490 e. The molecule has 10 heteroatoms. The van der Waals surface area contributed by atoms with Crippen molar-refractivity contribution in [1.29, 1.82) is 0 Å². The Hall–Kier alpha value is -3.43. The van der Waals surface area contributed by atoms with Crippen molar-refractivity contribution < 1.29 is 9.53 Å². The Morgan fingerprint density at radius 3 is 3.00 bits per heavy atom. The quantitative estimate of drug-likeness (QED) is 0.526. The van der Waals surface area contributed by atoms with E-state index in [4.69, 9.17) is 10.5 Å². The van der Waals surface area contributed by atoms with Gasteiger partial charge in [0.1, 0.15) is 24.0 Å². The van der Waals surface area contributed by atoms with Crippen LogP contribution >= 0.6 is 0 Å². The molecular formula is C14H16N8O2. The molecule has 1 aliphatic rings. The number of aromatic nitrogens is 4. The molecule has 0 atom stereocenters. The number of nitrogens with two attached hydrogens (primary N) is 1. The molecule has 2 aromatic rings. The van der Waals surface area contributed by atoms with Crippen molar-refractivity contribution in [2.24, 2.45) is 5.73 Å². The molecule has 0 unspecified atom stereocenters. The van der Waals surface area contributed by atoms with Crippen molar-refractivity contribution in [3.8, 4) is 5.75 Å². The van der Waals surface area contributed by atoms with E-state index in [1.54, 1.807) is 19.2 Å². The van der Waals surface area contributed by atoms with Crippen LogP contribution in [0, 0.1) is 0 Å². The first kappa shape index (κ1) is 15.5. The van der Waals surface area contributed by atoms with Gasteiger partial charge in [-0.1, -0.05) is 0 Å². The molecule has 4 bridgehead atoms. The molecule has 3 rings (SSSR count). The van der Waals surface area contributed by atoms with Crippen molar-refractivity contribution in [3.05, 3.63) is 30.4 Å². The average Bonchev–Trinajstić information content (AvgIpc) is 2.59. The number of carbonyl (C=O) groups is 1. The van der Waals surface area contributed by atoms with Crippen LogP contribution in [0.2, 0.25) is 0 Å². The summed E-state index contributed by atoms with van der Waals surface area (Å²) in [5.41, 5.74) is 5.75. The smallest absolute Gasteiger partial charge is 0.256 e. The van der Waals surface area contributed by atoms with Crippen molar-refractivity contribution in [2.75, 3.05) is 30.8 Å². The molecule has 0 aliphatic carbocycles. The van der Waals surface area contributed by atoms with E-state index in [1.165, 1.54) is 12.4 Å². The summed E-state index contributed by atoms with van der Waals surface area (Å²) < 4.78 is 5.53. The van der Waals surface area contributed by atoms with Crippen molar-refractivity contribution >= 4 is 28.9 Å². The Labute approximate surface area is 137 Å². The zero-order valence-electron chi connectivity index (χ0n) is 12.9. The monoisotopic (exact) mass is 328 g/mol. The number of nitrogens with one attached hydrogen (secondary N) is 3. The van der Waals surface area contributed by atoms with Gasteiger partial charge in [-0.15, -0.1) is 5.10 Å². The summed E-state index contributed by atoms with van der Waals surface area (Å²) in [6.45, 7) is 0.564. The fourth-order valence-corrected chi connectivity index (χ4v) is 2.06. The Morgan fingerprint density at radius 1 is 1.33 bits per heavy atom. The molecule has 0 saturated carbocycles. The molecule has 10 nitrogen and oxygen atoms in total. The van der Waals surface area contributed by atoms with Gasteiger partial charge in [0, 0.05) is 25.4 Å². The number of hydrogen-bond acceptors (Lipinski definition) is 9. The fraction of sp³-hybridized carbons (Fsp3) is 0.214. The molecule has 1 aliphatic heterocycles. The number of ether oxygens (including phenoxy) is 1. The molecule has 0 aromatic carbocycles. The van der Waals surface area contributed by atoms with Gasteiger partial charge in [-0.2, -0.15) is 5.10 Å². The predicted molar refractivity (Wildman–Crippen MR) is 87.6 cm³/mol. The first-order valence-electron chi connectivity index (χ1n) is 7.19. The third-order valence-electron chi connectivity index (χ3n) is 3.18. The van der Waals surface area contributed by atoms with Crippen molar-refractivity contribution in [2.45, 2.75) is 0 Å². The van der Waals surface area contributed by atoms with Gasteiger partial charge in [-0.25, -0.2) is 9.97 Å². The third kappa shape index (κ3) is 3.32. The second kappa shape index (κ2) is 6.77. The summed E-state index contributed by atoms with van der Waals surface area (Å²) in [7, 11) is 1.71. The Bertz CT molecular complexity index is 792. The van der Waals surface area contributed by atoms with Crippen LogP contribution in [-0.2, 0) is 4.79 Å². The van der Waals surface area contributed by atoms with Crippen LogP contribution < -0.4 is 26.4 Å². The van der Waals surface area contributed by atoms with Gasteiger partial charge in [0.25, 0.3) is 5.91 Å². The SMILES string of the molecule is CNc1cc2nc(n1)/C(=C\N)C(=O)NCCOc1cnnc(c1)N2. The van der Waals surface area contributed by atoms with Gasteiger partial charge in [-0.3, -0.25) is 4.79 Å². The van der Waals surface area contributed by atoms with Crippen LogP contribution in [0.3, 0.4) is 0 Å².